The molecule has 5 atom stereocenters. The molecular formula is C19H36N2O. The van der Waals surface area contributed by atoms with E-state index in [0.29, 0.717) is 12.0 Å². The number of nitrogens with one attached hydrogen (secondary N) is 1. The van der Waals surface area contributed by atoms with Crippen molar-refractivity contribution in [2.75, 3.05) is 19.6 Å². The molecule has 3 rings (SSSR count). The largest absolute Gasteiger partial charge is 0.393 e. The molecule has 128 valence electrons. The van der Waals surface area contributed by atoms with E-state index in [1.807, 2.05) is 0 Å². The molecule has 1 heterocycles. The molecule has 0 radical (unpaired) electrons. The Kier molecular flexibility index (Phi) is 5.80. The van der Waals surface area contributed by atoms with E-state index in [2.05, 4.69) is 24.1 Å². The van der Waals surface area contributed by atoms with Crippen LogP contribution in [-0.2, 0) is 0 Å². The highest BCUT2D eigenvalue weighted by atomic mass is 16.3. The molecule has 22 heavy (non-hydrogen) atoms. The molecular weight excluding hydrogens is 272 g/mol. The average Bonchev–Trinajstić information content (AvgIpc) is 3.04. The number of hydrogen-bond acceptors (Lipinski definition) is 3. The van der Waals surface area contributed by atoms with E-state index < -0.39 is 0 Å². The Morgan fingerprint density at radius 2 is 1.91 bits per heavy atom. The molecule has 2 saturated carbocycles. The van der Waals surface area contributed by atoms with E-state index in [-0.39, 0.29) is 6.10 Å². The van der Waals surface area contributed by atoms with Gasteiger partial charge in [-0.15, -0.1) is 0 Å². The maximum atomic E-state index is 10.4. The van der Waals surface area contributed by atoms with Crippen LogP contribution in [0.25, 0.3) is 0 Å². The van der Waals surface area contributed by atoms with Crippen LogP contribution in [-0.4, -0.2) is 47.8 Å². The summed E-state index contributed by atoms with van der Waals surface area (Å²) in [5.41, 5.74) is 0. The second-order valence-electron chi connectivity index (χ2n) is 8.30. The zero-order valence-electron chi connectivity index (χ0n) is 14.6. The van der Waals surface area contributed by atoms with Gasteiger partial charge in [-0.3, -0.25) is 4.90 Å². The average molecular weight is 309 g/mol. The lowest BCUT2D eigenvalue weighted by Crippen LogP contribution is -2.58. The van der Waals surface area contributed by atoms with E-state index in [9.17, 15) is 5.11 Å². The third kappa shape index (κ3) is 3.85. The molecule has 0 bridgehead atoms. The summed E-state index contributed by atoms with van der Waals surface area (Å²) in [6, 6.07) is 1.37. The number of nitrogens with zero attached hydrogens (tertiary/aromatic N) is 1. The number of piperidine rings is 1. The fourth-order valence-corrected chi connectivity index (χ4v) is 4.94. The highest BCUT2D eigenvalue weighted by Gasteiger charge is 2.39. The Hall–Kier alpha value is -0.120. The van der Waals surface area contributed by atoms with Crippen LogP contribution >= 0.6 is 0 Å². The van der Waals surface area contributed by atoms with Crippen LogP contribution in [0.3, 0.4) is 0 Å². The monoisotopic (exact) mass is 308 g/mol. The first-order valence-corrected chi connectivity index (χ1v) is 9.82. The topological polar surface area (TPSA) is 35.5 Å². The highest BCUT2D eigenvalue weighted by molar-refractivity contribution is 4.94. The first-order chi connectivity index (χ1) is 10.7. The van der Waals surface area contributed by atoms with Gasteiger partial charge in [0.25, 0.3) is 0 Å². The predicted molar refractivity (Wildman–Crippen MR) is 91.9 cm³/mol. The summed E-state index contributed by atoms with van der Waals surface area (Å²) in [7, 11) is 0. The van der Waals surface area contributed by atoms with Crippen LogP contribution in [0, 0.1) is 17.8 Å². The fourth-order valence-electron chi connectivity index (χ4n) is 4.94. The third-order valence-electron chi connectivity index (χ3n) is 6.69. The molecule has 0 amide bonds. The van der Waals surface area contributed by atoms with Crippen molar-refractivity contribution in [3.05, 3.63) is 0 Å². The van der Waals surface area contributed by atoms with E-state index in [4.69, 9.17) is 0 Å². The molecule has 0 aromatic heterocycles. The molecule has 3 aliphatic rings. The first kappa shape index (κ1) is 16.7. The summed E-state index contributed by atoms with van der Waals surface area (Å²) in [6.07, 6.45) is 10.4. The van der Waals surface area contributed by atoms with Crippen molar-refractivity contribution < 1.29 is 5.11 Å². The molecule has 1 saturated heterocycles. The van der Waals surface area contributed by atoms with Crippen molar-refractivity contribution in [2.24, 2.45) is 17.8 Å². The van der Waals surface area contributed by atoms with Gasteiger partial charge < -0.3 is 10.4 Å². The smallest absolute Gasteiger partial charge is 0.0578 e. The van der Waals surface area contributed by atoms with Crippen LogP contribution in [0.2, 0.25) is 0 Å². The van der Waals surface area contributed by atoms with E-state index in [1.165, 1.54) is 58.0 Å². The number of hydrogen-bond donors (Lipinski definition) is 2. The fraction of sp³-hybridized carbons (Fsp3) is 1.00. The third-order valence-corrected chi connectivity index (χ3v) is 6.69. The summed E-state index contributed by atoms with van der Waals surface area (Å²) < 4.78 is 0. The second-order valence-corrected chi connectivity index (χ2v) is 8.30. The lowest BCUT2D eigenvalue weighted by Gasteiger charge is -2.49. The van der Waals surface area contributed by atoms with Gasteiger partial charge in [-0.2, -0.15) is 0 Å². The van der Waals surface area contributed by atoms with Crippen LogP contribution in [0.5, 0.6) is 0 Å². The van der Waals surface area contributed by atoms with Gasteiger partial charge >= 0.3 is 0 Å². The number of rotatable bonds is 6. The standard InChI is InChI=1S/C19H36N2O/c1-3-19(22)16-10-17(20-11-15-6-4-5-7-15)13-21(12-16)18-9-8-14(18)2/h14-20,22H,3-13H2,1-2H3. The van der Waals surface area contributed by atoms with E-state index in [0.717, 1.165) is 30.8 Å². The van der Waals surface area contributed by atoms with Gasteiger partial charge in [0.1, 0.15) is 0 Å². The normalized spacial score (nSPS) is 38.9. The second kappa shape index (κ2) is 7.63. The summed E-state index contributed by atoms with van der Waals surface area (Å²) in [4.78, 5) is 2.70. The molecule has 2 N–H and O–H groups in total. The molecule has 3 heteroatoms. The predicted octanol–water partition coefficient (Wildman–Crippen LogP) is 3.03. The molecule has 5 unspecified atom stereocenters. The Morgan fingerprint density at radius 1 is 1.14 bits per heavy atom. The van der Waals surface area contributed by atoms with Crippen molar-refractivity contribution in [3.63, 3.8) is 0 Å². The Balaban J connectivity index is 1.55. The Morgan fingerprint density at radius 3 is 2.50 bits per heavy atom. The molecule has 2 aliphatic carbocycles. The van der Waals surface area contributed by atoms with E-state index >= 15 is 0 Å². The van der Waals surface area contributed by atoms with Crippen molar-refractivity contribution in [1.29, 1.82) is 0 Å². The quantitative estimate of drug-likeness (QED) is 0.792. The zero-order valence-corrected chi connectivity index (χ0v) is 14.6. The van der Waals surface area contributed by atoms with Crippen molar-refractivity contribution in [2.45, 2.75) is 83.4 Å². The Bertz CT molecular complexity index is 342. The van der Waals surface area contributed by atoms with Gasteiger partial charge in [-0.25, -0.2) is 0 Å². The highest BCUT2D eigenvalue weighted by Crippen LogP contribution is 2.35. The SMILES string of the molecule is CCC(O)C1CC(NCC2CCCC2)CN(C2CCC2C)C1. The van der Waals surface area contributed by atoms with Gasteiger partial charge in [-0.1, -0.05) is 26.7 Å². The minimum absolute atomic E-state index is 0.117. The molecule has 0 aromatic carbocycles. The van der Waals surface area contributed by atoms with Crippen molar-refractivity contribution >= 4 is 0 Å². The van der Waals surface area contributed by atoms with Gasteiger partial charge in [0.15, 0.2) is 0 Å². The number of aliphatic hydroxyl groups is 1. The lowest BCUT2D eigenvalue weighted by atomic mass is 9.77. The maximum Gasteiger partial charge on any atom is 0.0578 e. The summed E-state index contributed by atoms with van der Waals surface area (Å²) in [5, 5.41) is 14.2. The van der Waals surface area contributed by atoms with Crippen LogP contribution in [0.4, 0.5) is 0 Å². The van der Waals surface area contributed by atoms with Crippen LogP contribution in [0.1, 0.15) is 65.2 Å². The van der Waals surface area contributed by atoms with E-state index in [1.54, 1.807) is 0 Å². The number of aliphatic hydroxyl groups excluding tert-OH is 1. The minimum Gasteiger partial charge on any atom is -0.393 e. The van der Waals surface area contributed by atoms with Gasteiger partial charge in [-0.05, 0) is 62.8 Å². The maximum absolute atomic E-state index is 10.4. The van der Waals surface area contributed by atoms with Crippen molar-refractivity contribution in [3.8, 4) is 0 Å². The molecule has 3 nitrogen and oxygen atoms in total. The van der Waals surface area contributed by atoms with Crippen LogP contribution in [0.15, 0.2) is 0 Å². The molecule has 0 spiro atoms. The van der Waals surface area contributed by atoms with Gasteiger partial charge in [0, 0.05) is 25.2 Å². The molecule has 1 aliphatic heterocycles. The van der Waals surface area contributed by atoms with Crippen LogP contribution < -0.4 is 5.32 Å². The molecule has 0 aromatic rings. The lowest BCUT2D eigenvalue weighted by molar-refractivity contribution is -0.0164. The summed E-state index contributed by atoms with van der Waals surface area (Å²) in [6.45, 7) is 8.04. The zero-order chi connectivity index (χ0) is 15.5. The Labute approximate surface area is 136 Å². The van der Waals surface area contributed by atoms with Gasteiger partial charge in [0.05, 0.1) is 6.10 Å². The minimum atomic E-state index is -0.117. The summed E-state index contributed by atoms with van der Waals surface area (Å²) in [5.74, 6) is 2.23. The first-order valence-electron chi connectivity index (χ1n) is 9.82. The number of likely N-dealkylation sites (tertiary alicyclic amines) is 1. The molecule has 3 fully saturated rings. The van der Waals surface area contributed by atoms with Crippen molar-refractivity contribution in [1.82, 2.24) is 10.2 Å². The van der Waals surface area contributed by atoms with Gasteiger partial charge in [0.2, 0.25) is 0 Å². The summed E-state index contributed by atoms with van der Waals surface area (Å²) >= 11 is 0.